The van der Waals surface area contributed by atoms with Crippen LogP contribution in [-0.4, -0.2) is 40.4 Å². The zero-order chi connectivity index (χ0) is 9.49. The van der Waals surface area contributed by atoms with Gasteiger partial charge in [0.15, 0.2) is 0 Å². The Labute approximate surface area is 65.1 Å². The Kier molecular flexibility index (Phi) is 7.91. The average Bonchev–Trinajstić information content (AvgIpc) is 1.83. The summed E-state index contributed by atoms with van der Waals surface area (Å²) in [4.78, 5) is 0. The Bertz CT molecular complexity index is 149. The molecular formula is C4H12O6S. The Morgan fingerprint density at radius 1 is 1.36 bits per heavy atom. The van der Waals surface area contributed by atoms with Crippen molar-refractivity contribution in [3.05, 3.63) is 0 Å². The van der Waals surface area contributed by atoms with Gasteiger partial charge in [-0.25, -0.2) is 0 Å². The topological polar surface area (TPSA) is 115 Å². The van der Waals surface area contributed by atoms with Crippen molar-refractivity contribution in [3.63, 3.8) is 0 Å². The van der Waals surface area contributed by atoms with Gasteiger partial charge in [-0.2, -0.15) is 8.42 Å². The maximum absolute atomic E-state index is 8.74. The van der Waals surface area contributed by atoms with Crippen LogP contribution in [0.2, 0.25) is 0 Å². The van der Waals surface area contributed by atoms with Gasteiger partial charge in [-0.1, -0.05) is 6.92 Å². The number of hydrogen-bond donors (Lipinski definition) is 4. The molecule has 0 radical (unpaired) electrons. The highest BCUT2D eigenvalue weighted by molar-refractivity contribution is 7.79. The molecule has 0 rings (SSSR count). The van der Waals surface area contributed by atoms with Gasteiger partial charge in [-0.3, -0.25) is 9.11 Å². The number of hydrogen-bond acceptors (Lipinski definition) is 4. The molecule has 0 saturated heterocycles. The predicted molar refractivity (Wildman–Crippen MR) is 37.6 cm³/mol. The molecule has 0 saturated carbocycles. The lowest BCUT2D eigenvalue weighted by molar-refractivity contribution is 0.0923. The Morgan fingerprint density at radius 3 is 1.64 bits per heavy atom. The molecule has 4 N–H and O–H groups in total. The standard InChI is InChI=1S/C4H10O2.H2O4S/c1-2-4(6)3-5;1-5(2,3)4/h4-6H,2-3H2,1H3;(H2,1,2,3,4). The summed E-state index contributed by atoms with van der Waals surface area (Å²) in [5.41, 5.74) is 0. The van der Waals surface area contributed by atoms with E-state index in [1.54, 1.807) is 0 Å². The summed E-state index contributed by atoms with van der Waals surface area (Å²) in [6, 6.07) is 0. The van der Waals surface area contributed by atoms with Crippen LogP contribution in [-0.2, 0) is 10.4 Å². The first kappa shape index (κ1) is 13.4. The van der Waals surface area contributed by atoms with E-state index in [4.69, 9.17) is 27.7 Å². The second-order valence-corrected chi connectivity index (χ2v) is 2.59. The van der Waals surface area contributed by atoms with Crippen molar-refractivity contribution in [3.8, 4) is 0 Å². The largest absolute Gasteiger partial charge is 0.394 e. The van der Waals surface area contributed by atoms with Gasteiger partial charge in [0.25, 0.3) is 0 Å². The average molecular weight is 188 g/mol. The highest BCUT2D eigenvalue weighted by Crippen LogP contribution is 1.83. The van der Waals surface area contributed by atoms with E-state index in [0.29, 0.717) is 6.42 Å². The first-order valence-electron chi connectivity index (χ1n) is 2.80. The van der Waals surface area contributed by atoms with Crippen LogP contribution in [0, 0.1) is 0 Å². The molecule has 7 heteroatoms. The third kappa shape index (κ3) is 41.4. The quantitative estimate of drug-likeness (QED) is 0.417. The maximum atomic E-state index is 8.74. The third-order valence-corrected chi connectivity index (χ3v) is 0.682. The SMILES string of the molecule is CCC(O)CO.O=S(=O)(O)O. The molecule has 0 aromatic carbocycles. The van der Waals surface area contributed by atoms with Gasteiger partial charge in [0.1, 0.15) is 0 Å². The molecule has 1 unspecified atom stereocenters. The van der Waals surface area contributed by atoms with E-state index in [9.17, 15) is 0 Å². The number of aliphatic hydroxyl groups is 2. The molecule has 0 aliphatic carbocycles. The zero-order valence-corrected chi connectivity index (χ0v) is 6.82. The molecule has 0 bridgehead atoms. The zero-order valence-electron chi connectivity index (χ0n) is 6.01. The van der Waals surface area contributed by atoms with Gasteiger partial charge < -0.3 is 10.2 Å². The molecule has 0 amide bonds. The van der Waals surface area contributed by atoms with E-state index in [0.717, 1.165) is 0 Å². The van der Waals surface area contributed by atoms with Crippen LogP contribution in [0.25, 0.3) is 0 Å². The molecule has 0 fully saturated rings. The highest BCUT2D eigenvalue weighted by Gasteiger charge is 1.92. The monoisotopic (exact) mass is 188 g/mol. The summed E-state index contributed by atoms with van der Waals surface area (Å²) in [6.45, 7) is 1.71. The van der Waals surface area contributed by atoms with E-state index >= 15 is 0 Å². The lowest BCUT2D eigenvalue weighted by Crippen LogP contribution is -2.08. The van der Waals surface area contributed by atoms with Gasteiger partial charge in [0.05, 0.1) is 12.7 Å². The van der Waals surface area contributed by atoms with Crippen LogP contribution in [0.1, 0.15) is 13.3 Å². The molecule has 0 aliphatic heterocycles. The smallest absolute Gasteiger partial charge is 0.394 e. The van der Waals surface area contributed by atoms with Crippen LogP contribution in [0.3, 0.4) is 0 Å². The van der Waals surface area contributed by atoms with Crippen molar-refractivity contribution in [1.29, 1.82) is 0 Å². The fourth-order valence-corrected chi connectivity index (χ4v) is 0.129. The van der Waals surface area contributed by atoms with Gasteiger partial charge in [-0.15, -0.1) is 0 Å². The fourth-order valence-electron chi connectivity index (χ4n) is 0.129. The molecular weight excluding hydrogens is 176 g/mol. The molecule has 1 atom stereocenters. The summed E-state index contributed by atoms with van der Waals surface area (Å²) in [5.74, 6) is 0. The summed E-state index contributed by atoms with van der Waals surface area (Å²) in [5, 5.41) is 16.5. The minimum Gasteiger partial charge on any atom is -0.394 e. The van der Waals surface area contributed by atoms with E-state index in [1.165, 1.54) is 0 Å². The van der Waals surface area contributed by atoms with Crippen LogP contribution < -0.4 is 0 Å². The van der Waals surface area contributed by atoms with Crippen LogP contribution in [0.4, 0.5) is 0 Å². The van der Waals surface area contributed by atoms with Crippen molar-refractivity contribution in [2.45, 2.75) is 19.4 Å². The first-order valence-corrected chi connectivity index (χ1v) is 4.19. The number of aliphatic hydroxyl groups excluding tert-OH is 2. The summed E-state index contributed by atoms with van der Waals surface area (Å²) in [6.07, 6.45) is 0.126. The number of rotatable bonds is 2. The lowest BCUT2D eigenvalue weighted by Gasteiger charge is -1.97. The van der Waals surface area contributed by atoms with E-state index in [1.807, 2.05) is 6.92 Å². The lowest BCUT2D eigenvalue weighted by atomic mass is 10.3. The van der Waals surface area contributed by atoms with Crippen LogP contribution in [0.15, 0.2) is 0 Å². The summed E-state index contributed by atoms with van der Waals surface area (Å²) in [7, 11) is -4.67. The normalized spacial score (nSPS) is 13.2. The third-order valence-electron chi connectivity index (χ3n) is 0.682. The fraction of sp³-hybridized carbons (Fsp3) is 1.00. The second-order valence-electron chi connectivity index (χ2n) is 1.69. The molecule has 0 aromatic rings. The molecule has 70 valence electrons. The molecule has 11 heavy (non-hydrogen) atoms. The molecule has 0 heterocycles. The van der Waals surface area contributed by atoms with E-state index in [-0.39, 0.29) is 6.61 Å². The highest BCUT2D eigenvalue weighted by atomic mass is 32.3. The van der Waals surface area contributed by atoms with E-state index in [2.05, 4.69) is 0 Å². The van der Waals surface area contributed by atoms with Gasteiger partial charge in [0, 0.05) is 0 Å². The van der Waals surface area contributed by atoms with E-state index < -0.39 is 16.5 Å². The molecule has 0 aliphatic rings. The van der Waals surface area contributed by atoms with Gasteiger partial charge >= 0.3 is 10.4 Å². The summed E-state index contributed by atoms with van der Waals surface area (Å²) < 4.78 is 31.6. The van der Waals surface area contributed by atoms with Crippen LogP contribution >= 0.6 is 0 Å². The second kappa shape index (κ2) is 6.50. The van der Waals surface area contributed by atoms with Crippen molar-refractivity contribution in [2.75, 3.05) is 6.61 Å². The maximum Gasteiger partial charge on any atom is 0.394 e. The van der Waals surface area contributed by atoms with Gasteiger partial charge in [-0.05, 0) is 6.42 Å². The molecule has 6 nitrogen and oxygen atoms in total. The molecule has 0 aromatic heterocycles. The molecule has 0 spiro atoms. The van der Waals surface area contributed by atoms with Crippen molar-refractivity contribution >= 4 is 10.4 Å². The Hall–Kier alpha value is -0.210. The Morgan fingerprint density at radius 2 is 1.64 bits per heavy atom. The summed E-state index contributed by atoms with van der Waals surface area (Å²) >= 11 is 0. The minimum atomic E-state index is -4.67. The van der Waals surface area contributed by atoms with Crippen molar-refractivity contribution in [2.24, 2.45) is 0 Å². The predicted octanol–water partition coefficient (Wildman–Crippen LogP) is -0.903. The van der Waals surface area contributed by atoms with Gasteiger partial charge in [0.2, 0.25) is 0 Å². The van der Waals surface area contributed by atoms with Crippen molar-refractivity contribution < 1.29 is 27.7 Å². The minimum absolute atomic E-state index is 0.115. The Balaban J connectivity index is 0. The van der Waals surface area contributed by atoms with Crippen molar-refractivity contribution in [1.82, 2.24) is 0 Å². The van der Waals surface area contributed by atoms with Crippen LogP contribution in [0.5, 0.6) is 0 Å². The first-order chi connectivity index (χ1) is 4.81.